The Morgan fingerprint density at radius 1 is 0.647 bits per heavy atom. The summed E-state index contributed by atoms with van der Waals surface area (Å²) in [4.78, 5) is 0. The van der Waals surface area contributed by atoms with Crippen molar-refractivity contribution >= 4 is 22.6 Å². The van der Waals surface area contributed by atoms with Gasteiger partial charge < -0.3 is 0 Å². The molecule has 0 nitrogen and oxygen atoms in total. The summed E-state index contributed by atoms with van der Waals surface area (Å²) in [7, 11) is 0. The molecule has 0 aliphatic carbocycles. The molecule has 0 saturated carbocycles. The van der Waals surface area contributed by atoms with E-state index in [9.17, 15) is 0 Å². The fourth-order valence-electron chi connectivity index (χ4n) is 2.13. The first-order chi connectivity index (χ1) is 8.43. The quantitative estimate of drug-likeness (QED) is 0.286. The molecule has 1 heteroatoms. The van der Waals surface area contributed by atoms with Crippen LogP contribution in [-0.4, -0.2) is 4.43 Å². The smallest absolute Gasteiger partial charge is 0.000473 e. The monoisotopic (exact) mass is 344 g/mol. The molecule has 0 heterocycles. The molecule has 0 N–H and O–H groups in total. The van der Waals surface area contributed by atoms with Crippen LogP contribution >= 0.6 is 22.6 Å². The first kappa shape index (κ1) is 15.0. The van der Waals surface area contributed by atoms with E-state index >= 15 is 0 Å². The van der Waals surface area contributed by atoms with Gasteiger partial charge in [-0.25, -0.2) is 0 Å². The number of halogens is 1. The summed E-state index contributed by atoms with van der Waals surface area (Å²) in [5.41, 5.74) is 1.49. The molecule has 0 aliphatic heterocycles. The molecule has 17 heavy (non-hydrogen) atoms. The highest BCUT2D eigenvalue weighted by atomic mass is 127. The minimum Gasteiger partial charge on any atom is -0.0864 e. The third-order valence-electron chi connectivity index (χ3n) is 3.19. The molecular weight excluding hydrogens is 319 g/mol. The molecule has 96 valence electrons. The third-order valence-corrected chi connectivity index (χ3v) is 3.95. The summed E-state index contributed by atoms with van der Waals surface area (Å²) in [6, 6.07) is 10.9. The van der Waals surface area contributed by atoms with Gasteiger partial charge in [0, 0.05) is 0 Å². The van der Waals surface area contributed by atoms with E-state index in [0.29, 0.717) is 0 Å². The zero-order valence-corrected chi connectivity index (χ0v) is 13.0. The van der Waals surface area contributed by atoms with Gasteiger partial charge in [0.2, 0.25) is 0 Å². The molecule has 0 radical (unpaired) electrons. The van der Waals surface area contributed by atoms with E-state index in [1.165, 1.54) is 67.8 Å². The molecule has 0 bridgehead atoms. The van der Waals surface area contributed by atoms with E-state index in [-0.39, 0.29) is 0 Å². The minimum absolute atomic E-state index is 1.26. The average Bonchev–Trinajstić information content (AvgIpc) is 2.38. The Kier molecular flexibility index (Phi) is 9.77. The maximum atomic E-state index is 2.47. The Balaban J connectivity index is 1.85. The summed E-state index contributed by atoms with van der Waals surface area (Å²) in [5.74, 6) is 0. The normalized spacial score (nSPS) is 10.6. The second-order valence-electron chi connectivity index (χ2n) is 4.75. The van der Waals surface area contributed by atoms with Crippen LogP contribution in [0, 0.1) is 0 Å². The second kappa shape index (κ2) is 11.1. The fraction of sp³-hybridized carbons (Fsp3) is 0.625. The van der Waals surface area contributed by atoms with Gasteiger partial charge in [0.1, 0.15) is 0 Å². The van der Waals surface area contributed by atoms with Crippen molar-refractivity contribution < 1.29 is 0 Å². The molecule has 0 spiro atoms. The van der Waals surface area contributed by atoms with Gasteiger partial charge in [0.15, 0.2) is 0 Å². The zero-order chi connectivity index (χ0) is 12.2. The van der Waals surface area contributed by atoms with Crippen molar-refractivity contribution in [2.45, 2.75) is 57.8 Å². The van der Waals surface area contributed by atoms with E-state index < -0.39 is 0 Å². The van der Waals surface area contributed by atoms with Crippen LogP contribution in [0.25, 0.3) is 0 Å². The van der Waals surface area contributed by atoms with Gasteiger partial charge in [-0.2, -0.15) is 0 Å². The van der Waals surface area contributed by atoms with Gasteiger partial charge in [0.05, 0.1) is 0 Å². The fourth-order valence-corrected chi connectivity index (χ4v) is 2.67. The van der Waals surface area contributed by atoms with E-state index in [4.69, 9.17) is 0 Å². The predicted molar refractivity (Wildman–Crippen MR) is 86.0 cm³/mol. The van der Waals surface area contributed by atoms with Crippen LogP contribution < -0.4 is 0 Å². The number of benzene rings is 1. The van der Waals surface area contributed by atoms with Crippen molar-refractivity contribution in [3.63, 3.8) is 0 Å². The number of hydrogen-bond acceptors (Lipinski definition) is 0. The van der Waals surface area contributed by atoms with Crippen LogP contribution in [0.4, 0.5) is 0 Å². The highest BCUT2D eigenvalue weighted by Crippen LogP contribution is 2.11. The van der Waals surface area contributed by atoms with Crippen LogP contribution in [0.15, 0.2) is 30.3 Å². The van der Waals surface area contributed by atoms with Gasteiger partial charge >= 0.3 is 0 Å². The molecule has 0 aliphatic rings. The number of hydrogen-bond donors (Lipinski definition) is 0. The van der Waals surface area contributed by atoms with E-state index in [2.05, 4.69) is 52.9 Å². The molecule has 0 fully saturated rings. The second-order valence-corrected chi connectivity index (χ2v) is 5.83. The highest BCUT2D eigenvalue weighted by Gasteiger charge is 1.93. The summed E-state index contributed by atoms with van der Waals surface area (Å²) in [5, 5.41) is 0. The molecule has 0 amide bonds. The maximum absolute atomic E-state index is 2.47. The maximum Gasteiger partial charge on any atom is -0.000473 e. The van der Waals surface area contributed by atoms with E-state index in [1.54, 1.807) is 0 Å². The van der Waals surface area contributed by atoms with Crippen LogP contribution in [0.5, 0.6) is 0 Å². The van der Waals surface area contributed by atoms with Gasteiger partial charge in [-0.1, -0.05) is 91.4 Å². The molecule has 0 unspecified atom stereocenters. The number of aryl methyl sites for hydroxylation is 1. The predicted octanol–water partition coefficient (Wildman–Crippen LogP) is 5.78. The van der Waals surface area contributed by atoms with Crippen LogP contribution in [0.3, 0.4) is 0 Å². The zero-order valence-electron chi connectivity index (χ0n) is 10.8. The van der Waals surface area contributed by atoms with E-state index in [0.717, 1.165) is 0 Å². The Bertz CT molecular complexity index is 255. The lowest BCUT2D eigenvalue weighted by Crippen LogP contribution is -1.86. The van der Waals surface area contributed by atoms with Crippen molar-refractivity contribution in [1.82, 2.24) is 0 Å². The van der Waals surface area contributed by atoms with Crippen molar-refractivity contribution in [2.24, 2.45) is 0 Å². The van der Waals surface area contributed by atoms with Crippen LogP contribution in [0.1, 0.15) is 56.9 Å². The molecule has 1 aromatic carbocycles. The summed E-state index contributed by atoms with van der Waals surface area (Å²) < 4.78 is 1.33. The van der Waals surface area contributed by atoms with Gasteiger partial charge in [0.25, 0.3) is 0 Å². The van der Waals surface area contributed by atoms with Gasteiger partial charge in [-0.3, -0.25) is 0 Å². The topological polar surface area (TPSA) is 0 Å². The largest absolute Gasteiger partial charge is 0.0864 e. The third kappa shape index (κ3) is 8.64. The lowest BCUT2D eigenvalue weighted by atomic mass is 10.0. The van der Waals surface area contributed by atoms with Crippen molar-refractivity contribution in [2.75, 3.05) is 4.43 Å². The summed E-state index contributed by atoms with van der Waals surface area (Å²) in [6.07, 6.45) is 12.6. The highest BCUT2D eigenvalue weighted by molar-refractivity contribution is 14.1. The van der Waals surface area contributed by atoms with E-state index in [1.807, 2.05) is 0 Å². The Hall–Kier alpha value is -0.0500. The number of unbranched alkanes of at least 4 members (excludes halogenated alkanes) is 7. The van der Waals surface area contributed by atoms with Gasteiger partial charge in [-0.05, 0) is 29.3 Å². The summed E-state index contributed by atoms with van der Waals surface area (Å²) >= 11 is 2.47. The molecular formula is C16H25I. The lowest BCUT2D eigenvalue weighted by Gasteiger charge is -2.02. The van der Waals surface area contributed by atoms with Crippen molar-refractivity contribution in [3.8, 4) is 0 Å². The molecule has 1 aromatic rings. The molecule has 1 rings (SSSR count). The average molecular weight is 344 g/mol. The minimum atomic E-state index is 1.26. The Morgan fingerprint density at radius 3 is 1.76 bits per heavy atom. The van der Waals surface area contributed by atoms with Crippen LogP contribution in [0.2, 0.25) is 0 Å². The number of rotatable bonds is 10. The molecule has 0 aromatic heterocycles. The van der Waals surface area contributed by atoms with Gasteiger partial charge in [-0.15, -0.1) is 0 Å². The first-order valence-corrected chi connectivity index (χ1v) is 8.56. The molecule has 0 atom stereocenters. The Morgan fingerprint density at radius 2 is 1.18 bits per heavy atom. The van der Waals surface area contributed by atoms with Crippen molar-refractivity contribution in [1.29, 1.82) is 0 Å². The number of alkyl halides is 1. The SMILES string of the molecule is ICCCCCCCCCCc1ccccc1. The molecule has 0 saturated heterocycles. The summed E-state index contributed by atoms with van der Waals surface area (Å²) in [6.45, 7) is 0. The lowest BCUT2D eigenvalue weighted by molar-refractivity contribution is 0.577. The first-order valence-electron chi connectivity index (χ1n) is 7.03. The van der Waals surface area contributed by atoms with Crippen molar-refractivity contribution in [3.05, 3.63) is 35.9 Å². The Labute approximate surface area is 120 Å². The van der Waals surface area contributed by atoms with Crippen LogP contribution in [-0.2, 0) is 6.42 Å². The standard InChI is InChI=1S/C16H25I/c17-15-11-6-4-2-1-3-5-8-12-16-13-9-7-10-14-16/h7,9-10,13-14H,1-6,8,11-12,15H2.